The Labute approximate surface area is 136 Å². The molecule has 0 amide bonds. The highest BCUT2D eigenvalue weighted by atomic mass is 16.7. The third-order valence-electron chi connectivity index (χ3n) is 5.08. The summed E-state index contributed by atoms with van der Waals surface area (Å²) in [5.74, 6) is -0.246. The number of aliphatic hydroxyl groups is 3. The number of rotatable bonds is 4. The number of ether oxygens (including phenoxy) is 2. The van der Waals surface area contributed by atoms with Crippen molar-refractivity contribution in [2.45, 2.75) is 76.8 Å². The van der Waals surface area contributed by atoms with Gasteiger partial charge in [-0.25, -0.2) is 4.79 Å². The first kappa shape index (κ1) is 18.6. The molecular weight excluding hydrogens is 304 g/mol. The highest BCUT2D eigenvalue weighted by molar-refractivity contribution is 5.73. The molecule has 3 unspecified atom stereocenters. The second kappa shape index (κ2) is 7.44. The predicted octanol–water partition coefficient (Wildman–Crippen LogP) is 0.356. The van der Waals surface area contributed by atoms with Gasteiger partial charge in [-0.15, -0.1) is 0 Å². The van der Waals surface area contributed by atoms with Crippen LogP contribution in [0.3, 0.4) is 0 Å². The molecule has 1 heterocycles. The highest BCUT2D eigenvalue weighted by Crippen LogP contribution is 2.37. The van der Waals surface area contributed by atoms with Crippen LogP contribution >= 0.6 is 0 Å². The summed E-state index contributed by atoms with van der Waals surface area (Å²) in [4.78, 5) is 11.1. The van der Waals surface area contributed by atoms with Gasteiger partial charge >= 0.3 is 5.97 Å². The minimum atomic E-state index is -1.69. The zero-order chi connectivity index (χ0) is 17.3. The average molecular weight is 332 g/mol. The first-order valence-electron chi connectivity index (χ1n) is 8.30. The fraction of sp³-hybridized carbons (Fsp3) is 0.938. The number of carboxylic acids is 1. The third-order valence-corrected chi connectivity index (χ3v) is 5.08. The van der Waals surface area contributed by atoms with E-state index in [1.54, 1.807) is 0 Å². The summed E-state index contributed by atoms with van der Waals surface area (Å²) in [6.07, 6.45) is -4.92. The Bertz CT molecular complexity index is 413. The number of aliphatic carboxylic acids is 1. The molecule has 0 aromatic rings. The van der Waals surface area contributed by atoms with Crippen LogP contribution < -0.4 is 0 Å². The van der Waals surface area contributed by atoms with Gasteiger partial charge in [-0.1, -0.05) is 27.2 Å². The zero-order valence-corrected chi connectivity index (χ0v) is 13.8. The number of hydrogen-bond acceptors (Lipinski definition) is 6. The van der Waals surface area contributed by atoms with E-state index in [0.717, 1.165) is 19.3 Å². The van der Waals surface area contributed by atoms with Crippen LogP contribution in [0.25, 0.3) is 0 Å². The molecule has 1 saturated carbocycles. The van der Waals surface area contributed by atoms with Crippen molar-refractivity contribution >= 4 is 5.97 Å². The van der Waals surface area contributed by atoms with Crippen LogP contribution in [0.4, 0.5) is 0 Å². The lowest BCUT2D eigenvalue weighted by Gasteiger charge is -2.43. The van der Waals surface area contributed by atoms with Gasteiger partial charge in [0.1, 0.15) is 18.3 Å². The minimum Gasteiger partial charge on any atom is -0.479 e. The normalized spacial score (nSPS) is 45.2. The van der Waals surface area contributed by atoms with E-state index in [9.17, 15) is 20.1 Å². The monoisotopic (exact) mass is 332 g/mol. The van der Waals surface area contributed by atoms with Crippen LogP contribution in [0, 0.1) is 17.8 Å². The summed E-state index contributed by atoms with van der Waals surface area (Å²) in [7, 11) is 0. The summed E-state index contributed by atoms with van der Waals surface area (Å²) < 4.78 is 11.1. The topological polar surface area (TPSA) is 116 Å². The number of hydrogen-bond donors (Lipinski definition) is 4. The van der Waals surface area contributed by atoms with Crippen LogP contribution in [-0.2, 0) is 14.3 Å². The lowest BCUT2D eigenvalue weighted by atomic mass is 9.75. The van der Waals surface area contributed by atoms with E-state index >= 15 is 0 Å². The Balaban J connectivity index is 2.11. The lowest BCUT2D eigenvalue weighted by Crippen LogP contribution is -2.61. The zero-order valence-electron chi connectivity index (χ0n) is 13.8. The maximum absolute atomic E-state index is 11.1. The molecule has 2 aliphatic rings. The van der Waals surface area contributed by atoms with E-state index in [2.05, 4.69) is 20.8 Å². The van der Waals surface area contributed by atoms with Crippen molar-refractivity contribution in [2.24, 2.45) is 17.8 Å². The second-order valence-electron chi connectivity index (χ2n) is 7.24. The Hall–Kier alpha value is -0.730. The van der Waals surface area contributed by atoms with Gasteiger partial charge in [-0.3, -0.25) is 0 Å². The number of carboxylic acid groups (broad SMARTS) is 1. The molecule has 1 saturated heterocycles. The molecule has 0 aromatic heterocycles. The van der Waals surface area contributed by atoms with Gasteiger partial charge in [-0.05, 0) is 30.6 Å². The van der Waals surface area contributed by atoms with Gasteiger partial charge in [0.05, 0.1) is 6.10 Å². The van der Waals surface area contributed by atoms with E-state index in [-0.39, 0.29) is 12.0 Å². The molecule has 2 fully saturated rings. The quantitative estimate of drug-likeness (QED) is 0.587. The molecule has 0 spiro atoms. The summed E-state index contributed by atoms with van der Waals surface area (Å²) in [6, 6.07) is 0. The van der Waals surface area contributed by atoms with Crippen molar-refractivity contribution in [1.82, 2.24) is 0 Å². The second-order valence-corrected chi connectivity index (χ2v) is 7.24. The van der Waals surface area contributed by atoms with Crippen molar-refractivity contribution in [1.29, 1.82) is 0 Å². The van der Waals surface area contributed by atoms with Gasteiger partial charge in [0.2, 0.25) is 0 Å². The van der Waals surface area contributed by atoms with Gasteiger partial charge in [0.25, 0.3) is 0 Å². The van der Waals surface area contributed by atoms with Gasteiger partial charge in [0, 0.05) is 0 Å². The van der Waals surface area contributed by atoms with Crippen molar-refractivity contribution in [3.05, 3.63) is 0 Å². The van der Waals surface area contributed by atoms with Crippen LogP contribution in [0.5, 0.6) is 0 Å². The average Bonchev–Trinajstić information content (AvgIpc) is 2.47. The number of aliphatic hydroxyl groups excluding tert-OH is 3. The van der Waals surface area contributed by atoms with Crippen molar-refractivity contribution < 1.29 is 34.7 Å². The van der Waals surface area contributed by atoms with E-state index < -0.39 is 36.7 Å². The molecule has 1 aliphatic heterocycles. The van der Waals surface area contributed by atoms with Crippen LogP contribution in [-0.4, -0.2) is 63.2 Å². The first-order valence-corrected chi connectivity index (χ1v) is 8.30. The van der Waals surface area contributed by atoms with Crippen molar-refractivity contribution in [3.8, 4) is 0 Å². The molecular formula is C16H28O7. The van der Waals surface area contributed by atoms with E-state index in [1.165, 1.54) is 0 Å². The van der Waals surface area contributed by atoms with Crippen LogP contribution in [0.15, 0.2) is 0 Å². The largest absolute Gasteiger partial charge is 0.479 e. The van der Waals surface area contributed by atoms with E-state index in [4.69, 9.17) is 14.6 Å². The van der Waals surface area contributed by atoms with Gasteiger partial charge in [0.15, 0.2) is 12.4 Å². The smallest absolute Gasteiger partial charge is 0.335 e. The van der Waals surface area contributed by atoms with Crippen LogP contribution in [0.1, 0.15) is 40.0 Å². The number of carbonyl (C=O) groups is 1. The van der Waals surface area contributed by atoms with Crippen molar-refractivity contribution in [2.75, 3.05) is 0 Å². The van der Waals surface area contributed by atoms with Gasteiger partial charge < -0.3 is 29.9 Å². The van der Waals surface area contributed by atoms with E-state index in [1.807, 2.05) is 0 Å². The molecule has 0 bridgehead atoms. The lowest BCUT2D eigenvalue weighted by molar-refractivity contribution is -0.311. The Morgan fingerprint density at radius 1 is 1.13 bits per heavy atom. The summed E-state index contributed by atoms with van der Waals surface area (Å²) >= 11 is 0. The third kappa shape index (κ3) is 4.03. The summed E-state index contributed by atoms with van der Waals surface area (Å²) in [5, 5.41) is 38.7. The molecule has 2 rings (SSSR count). The standard InChI is InChI=1S/C16H28O7/c1-7(2)9-5-4-8(3)6-10(9)22-16-13(19)11(17)12(18)14(23-16)15(20)21/h7-14,16-19H,4-6H2,1-3H3,(H,20,21)/t8?,9?,10?,11-,12-,13+,14+,16-/m0/s1. The summed E-state index contributed by atoms with van der Waals surface area (Å²) in [6.45, 7) is 6.34. The minimum absolute atomic E-state index is 0.171. The highest BCUT2D eigenvalue weighted by Gasteiger charge is 2.48. The predicted molar refractivity (Wildman–Crippen MR) is 80.5 cm³/mol. The Kier molecular flexibility index (Phi) is 6.02. The fourth-order valence-electron chi connectivity index (χ4n) is 3.61. The molecule has 134 valence electrons. The summed E-state index contributed by atoms with van der Waals surface area (Å²) in [5.41, 5.74) is 0. The van der Waals surface area contributed by atoms with E-state index in [0.29, 0.717) is 11.8 Å². The van der Waals surface area contributed by atoms with Crippen molar-refractivity contribution in [3.63, 3.8) is 0 Å². The van der Waals surface area contributed by atoms with Crippen LogP contribution in [0.2, 0.25) is 0 Å². The maximum atomic E-state index is 11.1. The fourth-order valence-corrected chi connectivity index (χ4v) is 3.61. The molecule has 1 aliphatic carbocycles. The molecule has 23 heavy (non-hydrogen) atoms. The van der Waals surface area contributed by atoms with Gasteiger partial charge in [-0.2, -0.15) is 0 Å². The molecule has 4 N–H and O–H groups in total. The molecule has 8 atom stereocenters. The molecule has 7 heteroatoms. The molecule has 0 radical (unpaired) electrons. The Morgan fingerprint density at radius 3 is 2.35 bits per heavy atom. The molecule has 7 nitrogen and oxygen atoms in total. The SMILES string of the molecule is CC1CCC(C(C)C)C(O[C@H]2O[C@@H](C(=O)O)[C@@H](O)[C@H](O)[C@H]2O)C1. The Morgan fingerprint density at radius 2 is 1.78 bits per heavy atom. The first-order chi connectivity index (χ1) is 10.7. The maximum Gasteiger partial charge on any atom is 0.335 e. The molecule has 0 aromatic carbocycles.